The summed E-state index contributed by atoms with van der Waals surface area (Å²) < 4.78 is 57.4. The topological polar surface area (TPSA) is 105 Å². The number of amides is 1. The molecule has 0 saturated carbocycles. The van der Waals surface area contributed by atoms with Crippen LogP contribution < -0.4 is 10.0 Å². The Bertz CT molecular complexity index is 1230. The molecule has 7 nitrogen and oxygen atoms in total. The summed E-state index contributed by atoms with van der Waals surface area (Å²) in [5.41, 5.74) is 1.17. The lowest BCUT2D eigenvalue weighted by atomic mass is 10.0. The number of phenolic OH excluding ortho intramolecular Hbond substituents is 1. The summed E-state index contributed by atoms with van der Waals surface area (Å²) >= 11 is 0. The van der Waals surface area contributed by atoms with Crippen molar-refractivity contribution in [3.63, 3.8) is 0 Å². The number of alkyl halides is 3. The number of anilines is 2. The van der Waals surface area contributed by atoms with E-state index in [4.69, 9.17) is 0 Å². The molecule has 1 unspecified atom stereocenters. The molecule has 0 radical (unpaired) electrons. The van der Waals surface area contributed by atoms with Gasteiger partial charge in [0, 0.05) is 11.3 Å². The molecular weight excluding hydrogens is 485 g/mol. The number of benzene rings is 3. The fourth-order valence-corrected chi connectivity index (χ4v) is 3.88. The highest BCUT2D eigenvalue weighted by molar-refractivity contribution is 7.86. The third-order valence-corrected chi connectivity index (χ3v) is 5.91. The van der Waals surface area contributed by atoms with E-state index >= 15 is 0 Å². The standard InChI is InChI=1S/C24H21F3N2O5S/c1-34-22(31)12-13-35(33)29-20-14-19(10-11-21(20)30)28-23(32)17-4-2-15(3-5-17)16-6-8-18(9-7-16)24(25,26)27/h2-11,14,29-30H,12-13H2,1H3,(H,28,32). The molecule has 0 saturated heterocycles. The van der Waals surface area contributed by atoms with Crippen molar-refractivity contribution in [2.75, 3.05) is 22.9 Å². The molecule has 35 heavy (non-hydrogen) atoms. The summed E-state index contributed by atoms with van der Waals surface area (Å²) in [5, 5.41) is 12.6. The second-order valence-electron chi connectivity index (χ2n) is 7.32. The zero-order valence-corrected chi connectivity index (χ0v) is 19.2. The highest BCUT2D eigenvalue weighted by Gasteiger charge is 2.29. The van der Waals surface area contributed by atoms with Gasteiger partial charge in [-0.15, -0.1) is 0 Å². The van der Waals surface area contributed by atoms with E-state index in [1.54, 1.807) is 12.1 Å². The Morgan fingerprint density at radius 3 is 2.14 bits per heavy atom. The third kappa shape index (κ3) is 7.06. The van der Waals surface area contributed by atoms with E-state index in [2.05, 4.69) is 14.8 Å². The van der Waals surface area contributed by atoms with E-state index in [0.29, 0.717) is 22.4 Å². The molecule has 0 aliphatic rings. The van der Waals surface area contributed by atoms with Crippen LogP contribution in [0, 0.1) is 0 Å². The van der Waals surface area contributed by atoms with Gasteiger partial charge < -0.3 is 19.9 Å². The van der Waals surface area contributed by atoms with Crippen LogP contribution in [0.15, 0.2) is 66.7 Å². The van der Waals surface area contributed by atoms with Crippen molar-refractivity contribution in [1.29, 1.82) is 0 Å². The molecule has 0 spiro atoms. The first kappa shape index (κ1) is 25.8. The average Bonchev–Trinajstić information content (AvgIpc) is 2.84. The number of hydrogen-bond acceptors (Lipinski definition) is 5. The maximum atomic E-state index is 12.7. The van der Waals surface area contributed by atoms with Gasteiger partial charge in [0.1, 0.15) is 16.7 Å². The summed E-state index contributed by atoms with van der Waals surface area (Å²) in [6.45, 7) is 0. The third-order valence-electron chi connectivity index (χ3n) is 4.89. The zero-order valence-electron chi connectivity index (χ0n) is 18.4. The summed E-state index contributed by atoms with van der Waals surface area (Å²) in [6.07, 6.45) is -4.49. The molecule has 3 aromatic carbocycles. The van der Waals surface area contributed by atoms with Gasteiger partial charge in [0.25, 0.3) is 5.91 Å². The highest BCUT2D eigenvalue weighted by Crippen LogP contribution is 2.31. The predicted octanol–water partition coefficient (Wildman–Crippen LogP) is 4.97. The van der Waals surface area contributed by atoms with Crippen molar-refractivity contribution < 1.29 is 36.8 Å². The monoisotopic (exact) mass is 506 g/mol. The van der Waals surface area contributed by atoms with Gasteiger partial charge in [0.2, 0.25) is 0 Å². The average molecular weight is 507 g/mol. The Morgan fingerprint density at radius 1 is 0.971 bits per heavy atom. The van der Waals surface area contributed by atoms with E-state index in [9.17, 15) is 32.1 Å². The van der Waals surface area contributed by atoms with Crippen LogP contribution in [0.3, 0.4) is 0 Å². The number of carbonyl (C=O) groups excluding carboxylic acids is 2. The van der Waals surface area contributed by atoms with Gasteiger partial charge in [-0.1, -0.05) is 24.3 Å². The van der Waals surface area contributed by atoms with Crippen molar-refractivity contribution in [1.82, 2.24) is 0 Å². The van der Waals surface area contributed by atoms with Gasteiger partial charge in [-0.3, -0.25) is 9.59 Å². The first-order chi connectivity index (χ1) is 16.6. The number of phenols is 1. The van der Waals surface area contributed by atoms with Crippen LogP contribution in [0.4, 0.5) is 24.5 Å². The normalized spacial score (nSPS) is 12.0. The van der Waals surface area contributed by atoms with Crippen molar-refractivity contribution in [2.24, 2.45) is 0 Å². The van der Waals surface area contributed by atoms with Crippen LogP contribution >= 0.6 is 0 Å². The van der Waals surface area contributed by atoms with Crippen LogP contribution in [0.1, 0.15) is 22.3 Å². The Balaban J connectivity index is 1.66. The fourth-order valence-electron chi connectivity index (χ4n) is 3.02. The molecule has 0 bridgehead atoms. The quantitative estimate of drug-likeness (QED) is 0.227. The minimum Gasteiger partial charge on any atom is -0.506 e. The Morgan fingerprint density at radius 2 is 1.57 bits per heavy atom. The van der Waals surface area contributed by atoms with Gasteiger partial charge in [-0.2, -0.15) is 13.2 Å². The molecule has 0 aliphatic carbocycles. The Labute approximate surface area is 201 Å². The van der Waals surface area contributed by atoms with Crippen LogP contribution in [0.2, 0.25) is 0 Å². The molecule has 0 fully saturated rings. The number of esters is 1. The molecule has 3 aromatic rings. The second-order valence-corrected chi connectivity index (χ2v) is 8.62. The van der Waals surface area contributed by atoms with E-state index < -0.39 is 34.6 Å². The maximum absolute atomic E-state index is 12.7. The molecule has 0 aliphatic heterocycles. The van der Waals surface area contributed by atoms with Gasteiger partial charge in [-0.25, -0.2) is 4.21 Å². The van der Waals surface area contributed by atoms with E-state index in [0.717, 1.165) is 12.1 Å². The lowest BCUT2D eigenvalue weighted by Gasteiger charge is -2.11. The SMILES string of the molecule is COC(=O)CCS(=O)Nc1cc(NC(=O)c2ccc(-c3ccc(C(F)(F)F)cc3)cc2)ccc1O. The van der Waals surface area contributed by atoms with E-state index in [-0.39, 0.29) is 23.6 Å². The smallest absolute Gasteiger partial charge is 0.416 e. The van der Waals surface area contributed by atoms with Crippen molar-refractivity contribution in [2.45, 2.75) is 12.6 Å². The zero-order chi connectivity index (χ0) is 25.6. The minimum atomic E-state index is -4.41. The molecule has 1 atom stereocenters. The van der Waals surface area contributed by atoms with Gasteiger partial charge in [0.15, 0.2) is 0 Å². The van der Waals surface area contributed by atoms with Gasteiger partial charge in [0.05, 0.1) is 30.5 Å². The fraction of sp³-hybridized carbons (Fsp3) is 0.167. The van der Waals surface area contributed by atoms with Crippen molar-refractivity contribution in [3.05, 3.63) is 77.9 Å². The van der Waals surface area contributed by atoms with E-state index in [1.165, 1.54) is 49.6 Å². The molecule has 11 heteroatoms. The second kappa shape index (κ2) is 11.0. The maximum Gasteiger partial charge on any atom is 0.416 e. The molecule has 0 aromatic heterocycles. The summed E-state index contributed by atoms with van der Waals surface area (Å²) in [5.74, 6) is -1.22. The Hall–Kier alpha value is -3.86. The number of carbonyl (C=O) groups is 2. The van der Waals surface area contributed by atoms with Crippen LogP contribution in [-0.2, 0) is 26.7 Å². The number of hydrogen-bond donors (Lipinski definition) is 3. The molecular formula is C24H21F3N2O5S. The predicted molar refractivity (Wildman–Crippen MR) is 126 cm³/mol. The summed E-state index contributed by atoms with van der Waals surface area (Å²) in [6, 6.07) is 15.2. The molecule has 3 N–H and O–H groups in total. The number of aromatic hydroxyl groups is 1. The number of rotatable bonds is 8. The first-order valence-corrected chi connectivity index (χ1v) is 11.5. The summed E-state index contributed by atoms with van der Waals surface area (Å²) in [7, 11) is -0.453. The van der Waals surface area contributed by atoms with Gasteiger partial charge in [-0.05, 0) is 53.6 Å². The minimum absolute atomic E-state index is 0.0337. The van der Waals surface area contributed by atoms with Crippen molar-refractivity contribution >= 4 is 34.2 Å². The molecule has 0 heterocycles. The van der Waals surface area contributed by atoms with Crippen molar-refractivity contribution in [3.8, 4) is 16.9 Å². The number of nitrogens with one attached hydrogen (secondary N) is 2. The largest absolute Gasteiger partial charge is 0.506 e. The summed E-state index contributed by atoms with van der Waals surface area (Å²) in [4.78, 5) is 23.8. The highest BCUT2D eigenvalue weighted by atomic mass is 32.2. The lowest BCUT2D eigenvalue weighted by Crippen LogP contribution is -2.14. The van der Waals surface area contributed by atoms with Crippen LogP contribution in [0.5, 0.6) is 5.75 Å². The van der Waals surface area contributed by atoms with E-state index in [1.807, 2.05) is 0 Å². The van der Waals surface area contributed by atoms with Crippen LogP contribution in [0.25, 0.3) is 11.1 Å². The lowest BCUT2D eigenvalue weighted by molar-refractivity contribution is -0.140. The van der Waals surface area contributed by atoms with Gasteiger partial charge >= 0.3 is 12.1 Å². The first-order valence-electron chi connectivity index (χ1n) is 10.2. The number of halogens is 3. The molecule has 1 amide bonds. The number of methoxy groups -OCH3 is 1. The molecule has 3 rings (SSSR count). The number of ether oxygens (including phenoxy) is 1. The Kier molecular flexibility index (Phi) is 8.13. The van der Waals surface area contributed by atoms with Crippen LogP contribution in [-0.4, -0.2) is 34.1 Å². The molecule has 184 valence electrons.